The summed E-state index contributed by atoms with van der Waals surface area (Å²) < 4.78 is 7.69. The monoisotopic (exact) mass is 221 g/mol. The molecule has 3 rings (SSSR count). The normalized spacial score (nSPS) is 26.9. The molecule has 4 heteroatoms. The van der Waals surface area contributed by atoms with E-state index in [1.54, 1.807) is 0 Å². The quantitative estimate of drug-likeness (QED) is 0.845. The summed E-state index contributed by atoms with van der Waals surface area (Å²) in [6.45, 7) is 4.03. The van der Waals surface area contributed by atoms with Crippen molar-refractivity contribution < 1.29 is 4.74 Å². The van der Waals surface area contributed by atoms with Crippen LogP contribution in [-0.2, 0) is 4.74 Å². The highest BCUT2D eigenvalue weighted by atomic mass is 16.5. The fourth-order valence-electron chi connectivity index (χ4n) is 2.34. The predicted octanol–water partition coefficient (Wildman–Crippen LogP) is 2.05. The molecule has 2 heterocycles. The maximum absolute atomic E-state index is 5.42. The van der Waals surface area contributed by atoms with Crippen molar-refractivity contribution in [3.63, 3.8) is 0 Å². The largest absolute Gasteiger partial charge is 0.381 e. The molecule has 2 atom stereocenters. The van der Waals surface area contributed by atoms with E-state index in [1.165, 1.54) is 12.8 Å². The topological polar surface area (TPSA) is 39.1 Å². The molecule has 0 spiro atoms. The van der Waals surface area contributed by atoms with Gasteiger partial charge in [0.15, 0.2) is 0 Å². The maximum atomic E-state index is 5.42. The number of aromatic nitrogens is 2. The molecule has 1 N–H and O–H groups in total. The first-order chi connectivity index (χ1) is 7.84. The lowest BCUT2D eigenvalue weighted by Crippen LogP contribution is -2.27. The standard InChI is InChI=1S/C12H19N3O/c1-9(10-4-7-16-8-10)14-12-13-5-6-15(12)11-2-3-11/h5-6,9-11H,2-4,7-8H2,1H3,(H,13,14). The second-order valence-electron chi connectivity index (χ2n) is 4.95. The van der Waals surface area contributed by atoms with Crippen LogP contribution in [-0.4, -0.2) is 28.8 Å². The minimum atomic E-state index is 0.447. The first-order valence-corrected chi connectivity index (χ1v) is 6.21. The number of ether oxygens (including phenoxy) is 1. The molecule has 16 heavy (non-hydrogen) atoms. The highest BCUT2D eigenvalue weighted by Gasteiger charge is 2.27. The van der Waals surface area contributed by atoms with Crippen molar-refractivity contribution >= 4 is 5.95 Å². The van der Waals surface area contributed by atoms with Gasteiger partial charge in [-0.3, -0.25) is 0 Å². The molecule has 0 amide bonds. The zero-order valence-corrected chi connectivity index (χ0v) is 9.72. The third-order valence-electron chi connectivity index (χ3n) is 3.64. The first kappa shape index (κ1) is 10.1. The van der Waals surface area contributed by atoms with Gasteiger partial charge < -0.3 is 14.6 Å². The maximum Gasteiger partial charge on any atom is 0.203 e. The van der Waals surface area contributed by atoms with Gasteiger partial charge in [0.05, 0.1) is 6.61 Å². The Morgan fingerprint density at radius 3 is 3.06 bits per heavy atom. The zero-order valence-electron chi connectivity index (χ0n) is 9.72. The van der Waals surface area contributed by atoms with Crippen molar-refractivity contribution in [2.75, 3.05) is 18.5 Å². The third kappa shape index (κ3) is 1.94. The summed E-state index contributed by atoms with van der Waals surface area (Å²) in [5.74, 6) is 1.66. The Bertz CT molecular complexity index is 353. The van der Waals surface area contributed by atoms with Crippen LogP contribution < -0.4 is 5.32 Å². The first-order valence-electron chi connectivity index (χ1n) is 6.21. The smallest absolute Gasteiger partial charge is 0.203 e. The minimum absolute atomic E-state index is 0.447. The Hall–Kier alpha value is -1.03. The van der Waals surface area contributed by atoms with Crippen LogP contribution in [0.5, 0.6) is 0 Å². The summed E-state index contributed by atoms with van der Waals surface area (Å²) in [5, 5.41) is 3.53. The predicted molar refractivity (Wildman–Crippen MR) is 62.5 cm³/mol. The Labute approximate surface area is 96.0 Å². The molecule has 4 nitrogen and oxygen atoms in total. The van der Waals surface area contributed by atoms with Crippen molar-refractivity contribution in [1.29, 1.82) is 0 Å². The Morgan fingerprint density at radius 2 is 2.38 bits per heavy atom. The van der Waals surface area contributed by atoms with E-state index in [0.717, 1.165) is 25.6 Å². The van der Waals surface area contributed by atoms with E-state index in [4.69, 9.17) is 4.74 Å². The molecule has 2 aliphatic rings. The average Bonchev–Trinajstić information content (AvgIpc) is 2.83. The summed E-state index contributed by atoms with van der Waals surface area (Å²) in [4.78, 5) is 4.40. The van der Waals surface area contributed by atoms with Gasteiger partial charge in [-0.25, -0.2) is 4.98 Å². The summed E-state index contributed by atoms with van der Waals surface area (Å²) in [6, 6.07) is 1.14. The van der Waals surface area contributed by atoms with Crippen molar-refractivity contribution in [2.24, 2.45) is 5.92 Å². The molecule has 0 bridgehead atoms. The molecule has 2 fully saturated rings. The lowest BCUT2D eigenvalue weighted by molar-refractivity contribution is 0.183. The Kier molecular flexibility index (Phi) is 2.59. The SMILES string of the molecule is CC(Nc1nccn1C1CC1)C1CCOC1. The van der Waals surface area contributed by atoms with E-state index < -0.39 is 0 Å². The van der Waals surface area contributed by atoms with Gasteiger partial charge in [0.2, 0.25) is 5.95 Å². The molecular formula is C12H19N3O. The van der Waals surface area contributed by atoms with Crippen molar-refractivity contribution in [3.8, 4) is 0 Å². The summed E-state index contributed by atoms with van der Waals surface area (Å²) >= 11 is 0. The van der Waals surface area contributed by atoms with E-state index in [1.807, 2.05) is 6.20 Å². The molecule has 0 radical (unpaired) electrons. The number of rotatable bonds is 4. The fourth-order valence-corrected chi connectivity index (χ4v) is 2.34. The number of anilines is 1. The van der Waals surface area contributed by atoms with E-state index in [0.29, 0.717) is 18.0 Å². The second kappa shape index (κ2) is 4.09. The van der Waals surface area contributed by atoms with E-state index in [-0.39, 0.29) is 0 Å². The summed E-state index contributed by atoms with van der Waals surface area (Å²) in [7, 11) is 0. The van der Waals surface area contributed by atoms with Gasteiger partial charge in [-0.15, -0.1) is 0 Å². The molecule has 1 aliphatic heterocycles. The molecule has 1 aromatic rings. The van der Waals surface area contributed by atoms with Gasteiger partial charge in [0.25, 0.3) is 0 Å². The van der Waals surface area contributed by atoms with E-state index in [2.05, 4.69) is 28.0 Å². The second-order valence-corrected chi connectivity index (χ2v) is 4.95. The number of hydrogen-bond donors (Lipinski definition) is 1. The van der Waals surface area contributed by atoms with Gasteiger partial charge in [-0.2, -0.15) is 0 Å². The summed E-state index contributed by atoms with van der Waals surface area (Å²) in [5.41, 5.74) is 0. The summed E-state index contributed by atoms with van der Waals surface area (Å²) in [6.07, 6.45) is 7.73. The molecule has 0 aromatic carbocycles. The van der Waals surface area contributed by atoms with Crippen molar-refractivity contribution in [2.45, 2.75) is 38.3 Å². The Morgan fingerprint density at radius 1 is 1.50 bits per heavy atom. The van der Waals surface area contributed by atoms with Crippen molar-refractivity contribution in [3.05, 3.63) is 12.4 Å². The van der Waals surface area contributed by atoms with Crippen LogP contribution in [0.2, 0.25) is 0 Å². The van der Waals surface area contributed by atoms with Crippen LogP contribution in [0, 0.1) is 5.92 Å². The van der Waals surface area contributed by atoms with Gasteiger partial charge in [-0.05, 0) is 26.2 Å². The van der Waals surface area contributed by atoms with Crippen LogP contribution in [0.1, 0.15) is 32.2 Å². The molecule has 1 saturated heterocycles. The molecular weight excluding hydrogens is 202 g/mol. The van der Waals surface area contributed by atoms with Crippen LogP contribution in [0.25, 0.3) is 0 Å². The van der Waals surface area contributed by atoms with Crippen LogP contribution >= 0.6 is 0 Å². The lowest BCUT2D eigenvalue weighted by atomic mass is 10.0. The van der Waals surface area contributed by atoms with Crippen LogP contribution in [0.15, 0.2) is 12.4 Å². The lowest BCUT2D eigenvalue weighted by Gasteiger charge is -2.20. The molecule has 1 saturated carbocycles. The molecule has 2 unspecified atom stereocenters. The average molecular weight is 221 g/mol. The number of hydrogen-bond acceptors (Lipinski definition) is 3. The van der Waals surface area contributed by atoms with Crippen molar-refractivity contribution in [1.82, 2.24) is 9.55 Å². The Balaban J connectivity index is 1.65. The molecule has 1 aliphatic carbocycles. The molecule has 88 valence electrons. The third-order valence-corrected chi connectivity index (χ3v) is 3.64. The highest BCUT2D eigenvalue weighted by Crippen LogP contribution is 2.37. The van der Waals surface area contributed by atoms with Gasteiger partial charge in [0, 0.05) is 37.0 Å². The number of nitrogens with one attached hydrogen (secondary N) is 1. The fraction of sp³-hybridized carbons (Fsp3) is 0.750. The highest BCUT2D eigenvalue weighted by molar-refractivity contribution is 5.29. The number of imidazole rings is 1. The van der Waals surface area contributed by atoms with Crippen LogP contribution in [0.4, 0.5) is 5.95 Å². The van der Waals surface area contributed by atoms with E-state index >= 15 is 0 Å². The molecule has 1 aromatic heterocycles. The van der Waals surface area contributed by atoms with Gasteiger partial charge in [0.1, 0.15) is 0 Å². The van der Waals surface area contributed by atoms with E-state index in [9.17, 15) is 0 Å². The minimum Gasteiger partial charge on any atom is -0.381 e. The number of nitrogens with zero attached hydrogens (tertiary/aromatic N) is 2. The van der Waals surface area contributed by atoms with Crippen LogP contribution in [0.3, 0.4) is 0 Å². The zero-order chi connectivity index (χ0) is 11.0. The van der Waals surface area contributed by atoms with Gasteiger partial charge in [-0.1, -0.05) is 0 Å². The van der Waals surface area contributed by atoms with Gasteiger partial charge >= 0.3 is 0 Å².